The number of aromatic amines is 1. The van der Waals surface area contributed by atoms with Crippen LogP contribution in [0.2, 0.25) is 0 Å². The lowest BCUT2D eigenvalue weighted by Crippen LogP contribution is -2.45. The number of nitrogens with two attached hydrogens (primary N) is 1. The predicted molar refractivity (Wildman–Crippen MR) is 69.2 cm³/mol. The number of likely N-dealkylation sites (tertiary alicyclic amines) is 1. The lowest BCUT2D eigenvalue weighted by Gasteiger charge is -2.30. The molecule has 0 radical (unpaired) electrons. The van der Waals surface area contributed by atoms with Crippen LogP contribution in [0.25, 0.3) is 10.9 Å². The van der Waals surface area contributed by atoms with E-state index in [0.717, 1.165) is 30.3 Å². The number of aromatic nitrogens is 2. The van der Waals surface area contributed by atoms with Gasteiger partial charge < -0.3 is 10.6 Å². The first-order chi connectivity index (χ1) is 8.74. The van der Waals surface area contributed by atoms with Gasteiger partial charge in [0.15, 0.2) is 0 Å². The molecule has 3 rings (SSSR count). The fourth-order valence-corrected chi connectivity index (χ4v) is 2.45. The van der Waals surface area contributed by atoms with Gasteiger partial charge >= 0.3 is 0 Å². The highest BCUT2D eigenvalue weighted by Gasteiger charge is 2.22. The first kappa shape index (κ1) is 11.2. The SMILES string of the molecule is NC1CCCN(C(=O)c2ccc3[nH]ncc3c2)C1. The van der Waals surface area contributed by atoms with Crippen LogP contribution in [0.4, 0.5) is 0 Å². The number of piperidine rings is 1. The fraction of sp³-hybridized carbons (Fsp3) is 0.385. The van der Waals surface area contributed by atoms with Gasteiger partial charge in [-0.25, -0.2) is 0 Å². The van der Waals surface area contributed by atoms with Gasteiger partial charge in [0.25, 0.3) is 5.91 Å². The molecule has 3 N–H and O–H groups in total. The van der Waals surface area contributed by atoms with Crippen molar-refractivity contribution in [1.82, 2.24) is 15.1 Å². The van der Waals surface area contributed by atoms with E-state index in [1.54, 1.807) is 6.20 Å². The zero-order chi connectivity index (χ0) is 12.5. The molecule has 0 aliphatic carbocycles. The Kier molecular flexibility index (Phi) is 2.76. The molecule has 18 heavy (non-hydrogen) atoms. The van der Waals surface area contributed by atoms with Gasteiger partial charge in [-0.05, 0) is 31.0 Å². The Balaban J connectivity index is 1.86. The van der Waals surface area contributed by atoms with Crippen LogP contribution in [0, 0.1) is 0 Å². The van der Waals surface area contributed by atoms with Crippen LogP contribution in [-0.4, -0.2) is 40.1 Å². The molecule has 1 saturated heterocycles. The molecule has 94 valence electrons. The third kappa shape index (κ3) is 1.97. The van der Waals surface area contributed by atoms with Gasteiger partial charge in [0.1, 0.15) is 0 Å². The first-order valence-electron chi connectivity index (χ1n) is 6.22. The van der Waals surface area contributed by atoms with E-state index in [2.05, 4.69) is 10.2 Å². The van der Waals surface area contributed by atoms with Crippen molar-refractivity contribution in [1.29, 1.82) is 0 Å². The van der Waals surface area contributed by atoms with Gasteiger partial charge in [-0.1, -0.05) is 0 Å². The summed E-state index contributed by atoms with van der Waals surface area (Å²) < 4.78 is 0. The van der Waals surface area contributed by atoms with Crippen LogP contribution in [0.1, 0.15) is 23.2 Å². The third-order valence-corrected chi connectivity index (χ3v) is 3.43. The Labute approximate surface area is 105 Å². The highest BCUT2D eigenvalue weighted by molar-refractivity contribution is 5.97. The van der Waals surface area contributed by atoms with Crippen molar-refractivity contribution < 1.29 is 4.79 Å². The lowest BCUT2D eigenvalue weighted by molar-refractivity contribution is 0.0709. The molecule has 5 heteroatoms. The van der Waals surface area contributed by atoms with Crippen LogP contribution >= 0.6 is 0 Å². The first-order valence-corrected chi connectivity index (χ1v) is 6.22. The minimum absolute atomic E-state index is 0.0632. The van der Waals surface area contributed by atoms with Crippen molar-refractivity contribution in [3.8, 4) is 0 Å². The van der Waals surface area contributed by atoms with Gasteiger partial charge in [-0.2, -0.15) is 5.10 Å². The highest BCUT2D eigenvalue weighted by atomic mass is 16.2. The molecule has 1 aromatic carbocycles. The number of benzene rings is 1. The predicted octanol–water partition coefficient (Wildman–Crippen LogP) is 1.13. The van der Waals surface area contributed by atoms with E-state index >= 15 is 0 Å². The lowest BCUT2D eigenvalue weighted by atomic mass is 10.0. The Morgan fingerprint density at radius 1 is 1.50 bits per heavy atom. The quantitative estimate of drug-likeness (QED) is 0.789. The standard InChI is InChI=1S/C13H16N4O/c14-11-2-1-5-17(8-11)13(18)9-3-4-12-10(6-9)7-15-16-12/h3-4,6-7,11H,1-2,5,8,14H2,(H,15,16). The molecule has 0 saturated carbocycles. The number of carbonyl (C=O) groups excluding carboxylic acids is 1. The number of amides is 1. The molecule has 5 nitrogen and oxygen atoms in total. The molecule has 0 bridgehead atoms. The van der Waals surface area contributed by atoms with Gasteiger partial charge in [-0.15, -0.1) is 0 Å². The molecule has 1 amide bonds. The van der Waals surface area contributed by atoms with Gasteiger partial charge in [0, 0.05) is 30.1 Å². The molecule has 1 aliphatic heterocycles. The maximum Gasteiger partial charge on any atom is 0.253 e. The van der Waals surface area contributed by atoms with Gasteiger partial charge in [-0.3, -0.25) is 9.89 Å². The number of hydrogen-bond acceptors (Lipinski definition) is 3. The van der Waals surface area contributed by atoms with Crippen LogP contribution < -0.4 is 5.73 Å². The number of rotatable bonds is 1. The molecule has 1 atom stereocenters. The van der Waals surface area contributed by atoms with Gasteiger partial charge in [0.05, 0.1) is 11.7 Å². The summed E-state index contributed by atoms with van der Waals surface area (Å²) in [6.45, 7) is 1.46. The van der Waals surface area contributed by atoms with Crippen molar-refractivity contribution in [3.05, 3.63) is 30.0 Å². The molecule has 1 aliphatic rings. The summed E-state index contributed by atoms with van der Waals surface area (Å²) in [5.74, 6) is 0.0632. The Morgan fingerprint density at radius 3 is 3.22 bits per heavy atom. The summed E-state index contributed by atoms with van der Waals surface area (Å²) >= 11 is 0. The van der Waals surface area contributed by atoms with Gasteiger partial charge in [0.2, 0.25) is 0 Å². The molecule has 1 unspecified atom stereocenters. The van der Waals surface area contributed by atoms with E-state index in [4.69, 9.17) is 5.73 Å². The van der Waals surface area contributed by atoms with Crippen molar-refractivity contribution in [2.45, 2.75) is 18.9 Å². The zero-order valence-corrected chi connectivity index (χ0v) is 10.1. The van der Waals surface area contributed by atoms with Crippen LogP contribution in [0.5, 0.6) is 0 Å². The second-order valence-electron chi connectivity index (χ2n) is 4.83. The second kappa shape index (κ2) is 4.42. The molecular weight excluding hydrogens is 228 g/mol. The van der Waals surface area contributed by atoms with E-state index in [-0.39, 0.29) is 11.9 Å². The molecule has 2 aromatic rings. The highest BCUT2D eigenvalue weighted by Crippen LogP contribution is 2.17. The van der Waals surface area contributed by atoms with Crippen molar-refractivity contribution in [2.75, 3.05) is 13.1 Å². The molecule has 1 fully saturated rings. The largest absolute Gasteiger partial charge is 0.337 e. The maximum atomic E-state index is 12.4. The molecular formula is C13H16N4O. The second-order valence-corrected chi connectivity index (χ2v) is 4.83. The number of nitrogens with one attached hydrogen (secondary N) is 1. The summed E-state index contributed by atoms with van der Waals surface area (Å²) in [5, 5.41) is 7.79. The zero-order valence-electron chi connectivity index (χ0n) is 10.1. The van der Waals surface area contributed by atoms with E-state index in [9.17, 15) is 4.79 Å². The number of hydrogen-bond donors (Lipinski definition) is 2. The topological polar surface area (TPSA) is 75.0 Å². The van der Waals surface area contributed by atoms with Crippen molar-refractivity contribution in [2.24, 2.45) is 5.73 Å². The smallest absolute Gasteiger partial charge is 0.253 e. The molecule has 1 aromatic heterocycles. The summed E-state index contributed by atoms with van der Waals surface area (Å²) in [6.07, 6.45) is 3.72. The summed E-state index contributed by atoms with van der Waals surface area (Å²) in [4.78, 5) is 14.2. The maximum absolute atomic E-state index is 12.4. The monoisotopic (exact) mass is 244 g/mol. The van der Waals surface area contributed by atoms with Crippen molar-refractivity contribution in [3.63, 3.8) is 0 Å². The average Bonchev–Trinajstić information content (AvgIpc) is 2.85. The van der Waals surface area contributed by atoms with Crippen LogP contribution in [0.15, 0.2) is 24.4 Å². The van der Waals surface area contributed by atoms with Crippen LogP contribution in [-0.2, 0) is 0 Å². The fourth-order valence-electron chi connectivity index (χ4n) is 2.45. The number of nitrogens with zero attached hydrogens (tertiary/aromatic N) is 2. The van der Waals surface area contributed by atoms with Crippen LogP contribution in [0.3, 0.4) is 0 Å². The number of carbonyl (C=O) groups is 1. The number of H-pyrrole nitrogens is 1. The van der Waals surface area contributed by atoms with E-state index in [1.165, 1.54) is 0 Å². The minimum Gasteiger partial charge on any atom is -0.337 e. The summed E-state index contributed by atoms with van der Waals surface area (Å²) in [6, 6.07) is 5.71. The Bertz CT molecular complexity index is 577. The summed E-state index contributed by atoms with van der Waals surface area (Å²) in [5.41, 5.74) is 7.56. The number of fused-ring (bicyclic) bond motifs is 1. The molecule has 0 spiro atoms. The van der Waals surface area contributed by atoms with Crippen molar-refractivity contribution >= 4 is 16.8 Å². The van der Waals surface area contributed by atoms with E-state index < -0.39 is 0 Å². The van der Waals surface area contributed by atoms with E-state index in [1.807, 2.05) is 23.1 Å². The Morgan fingerprint density at radius 2 is 2.39 bits per heavy atom. The van der Waals surface area contributed by atoms with E-state index in [0.29, 0.717) is 12.1 Å². The minimum atomic E-state index is 0.0632. The molecule has 2 heterocycles. The Hall–Kier alpha value is -1.88. The normalized spacial score (nSPS) is 20.3. The third-order valence-electron chi connectivity index (χ3n) is 3.43. The summed E-state index contributed by atoms with van der Waals surface area (Å²) in [7, 11) is 0. The average molecular weight is 244 g/mol.